The van der Waals surface area contributed by atoms with Crippen molar-refractivity contribution in [3.8, 4) is 0 Å². The Morgan fingerprint density at radius 1 is 1.12 bits per heavy atom. The van der Waals surface area contributed by atoms with E-state index in [1.54, 1.807) is 0 Å². The topological polar surface area (TPSA) is 53.0 Å². The second-order valence-electron chi connectivity index (χ2n) is 7.38. The molecule has 24 heavy (non-hydrogen) atoms. The number of aliphatic hydroxyl groups excluding tert-OH is 1. The fourth-order valence-electron chi connectivity index (χ4n) is 4.01. The lowest BCUT2D eigenvalue weighted by Gasteiger charge is -2.48. The molecule has 1 amide bonds. The SMILES string of the molecule is O=C(c1ccc(N2CCC(O)CC2)cc1)N1CCOC2(CCC2)C1. The molecular formula is C19H26N2O3. The van der Waals surface area contributed by atoms with Crippen LogP contribution in [0.3, 0.4) is 0 Å². The van der Waals surface area contributed by atoms with Gasteiger partial charge in [-0.25, -0.2) is 0 Å². The molecule has 1 saturated carbocycles. The lowest BCUT2D eigenvalue weighted by molar-refractivity contribution is -0.142. The predicted molar refractivity (Wildman–Crippen MR) is 92.3 cm³/mol. The van der Waals surface area contributed by atoms with Crippen LogP contribution in [0.15, 0.2) is 24.3 Å². The molecule has 2 aliphatic heterocycles. The van der Waals surface area contributed by atoms with E-state index >= 15 is 0 Å². The molecule has 3 aliphatic rings. The third-order valence-electron chi connectivity index (χ3n) is 5.74. The number of hydrogen-bond donors (Lipinski definition) is 1. The first kappa shape index (κ1) is 15.9. The standard InChI is InChI=1S/C19H26N2O3/c22-17-6-10-20(11-7-17)16-4-2-15(3-5-16)18(23)21-12-13-24-19(14-21)8-1-9-19/h2-5,17,22H,1,6-14H2. The Morgan fingerprint density at radius 2 is 1.83 bits per heavy atom. The third kappa shape index (κ3) is 3.03. The molecule has 0 unspecified atom stereocenters. The maximum absolute atomic E-state index is 12.8. The van der Waals surface area contributed by atoms with Gasteiger partial charge in [0, 0.05) is 30.9 Å². The molecule has 1 aromatic rings. The average molecular weight is 330 g/mol. The number of benzene rings is 1. The largest absolute Gasteiger partial charge is 0.393 e. The van der Waals surface area contributed by atoms with Gasteiger partial charge in [-0.3, -0.25) is 4.79 Å². The van der Waals surface area contributed by atoms with Crippen molar-refractivity contribution in [1.29, 1.82) is 0 Å². The van der Waals surface area contributed by atoms with E-state index in [1.807, 2.05) is 29.2 Å². The summed E-state index contributed by atoms with van der Waals surface area (Å²) in [6.07, 6.45) is 4.84. The number of nitrogens with zero attached hydrogens (tertiary/aromatic N) is 2. The van der Waals surface area contributed by atoms with Gasteiger partial charge in [-0.2, -0.15) is 0 Å². The van der Waals surface area contributed by atoms with Crippen molar-refractivity contribution < 1.29 is 14.6 Å². The molecule has 1 N–H and O–H groups in total. The number of anilines is 1. The van der Waals surface area contributed by atoms with Crippen LogP contribution in [0.1, 0.15) is 42.5 Å². The summed E-state index contributed by atoms with van der Waals surface area (Å²) in [4.78, 5) is 17.0. The van der Waals surface area contributed by atoms with Crippen molar-refractivity contribution in [1.82, 2.24) is 4.90 Å². The highest BCUT2D eigenvalue weighted by atomic mass is 16.5. The van der Waals surface area contributed by atoms with Crippen LogP contribution in [-0.2, 0) is 4.74 Å². The Bertz CT molecular complexity index is 589. The van der Waals surface area contributed by atoms with Gasteiger partial charge in [0.1, 0.15) is 0 Å². The highest BCUT2D eigenvalue weighted by Crippen LogP contribution is 2.38. The summed E-state index contributed by atoms with van der Waals surface area (Å²) in [7, 11) is 0. The second kappa shape index (κ2) is 6.37. The molecule has 5 heteroatoms. The second-order valence-corrected chi connectivity index (χ2v) is 7.38. The van der Waals surface area contributed by atoms with Crippen LogP contribution in [-0.4, -0.2) is 60.4 Å². The van der Waals surface area contributed by atoms with Gasteiger partial charge in [-0.15, -0.1) is 0 Å². The van der Waals surface area contributed by atoms with Gasteiger partial charge in [0.15, 0.2) is 0 Å². The summed E-state index contributed by atoms with van der Waals surface area (Å²) in [6.45, 7) is 3.82. The van der Waals surface area contributed by atoms with Gasteiger partial charge in [0.25, 0.3) is 5.91 Å². The van der Waals surface area contributed by atoms with Gasteiger partial charge in [0.2, 0.25) is 0 Å². The van der Waals surface area contributed by atoms with E-state index in [0.717, 1.165) is 56.6 Å². The minimum absolute atomic E-state index is 0.0531. The maximum Gasteiger partial charge on any atom is 0.254 e. The van der Waals surface area contributed by atoms with Crippen LogP contribution >= 0.6 is 0 Å². The zero-order valence-corrected chi connectivity index (χ0v) is 14.1. The van der Waals surface area contributed by atoms with Crippen molar-refractivity contribution in [2.45, 2.75) is 43.8 Å². The number of piperidine rings is 1. The summed E-state index contributed by atoms with van der Waals surface area (Å²) in [5, 5.41) is 9.62. The molecular weight excluding hydrogens is 304 g/mol. The number of carbonyl (C=O) groups is 1. The van der Waals surface area contributed by atoms with Gasteiger partial charge in [-0.05, 0) is 56.4 Å². The molecule has 2 saturated heterocycles. The lowest BCUT2D eigenvalue weighted by atomic mass is 9.79. The van der Waals surface area contributed by atoms with Crippen LogP contribution in [0.2, 0.25) is 0 Å². The van der Waals surface area contributed by atoms with E-state index < -0.39 is 0 Å². The van der Waals surface area contributed by atoms with E-state index in [1.165, 1.54) is 6.42 Å². The zero-order valence-electron chi connectivity index (χ0n) is 14.1. The van der Waals surface area contributed by atoms with Crippen LogP contribution in [0.25, 0.3) is 0 Å². The summed E-state index contributed by atoms with van der Waals surface area (Å²) in [5.74, 6) is 0.116. The summed E-state index contributed by atoms with van der Waals surface area (Å²) < 4.78 is 5.90. The first-order valence-corrected chi connectivity index (χ1v) is 9.12. The van der Waals surface area contributed by atoms with Crippen molar-refractivity contribution in [3.63, 3.8) is 0 Å². The normalized spacial score (nSPS) is 24.0. The van der Waals surface area contributed by atoms with E-state index in [4.69, 9.17) is 4.74 Å². The first-order chi connectivity index (χ1) is 11.7. The molecule has 2 heterocycles. The zero-order chi connectivity index (χ0) is 16.6. The van der Waals surface area contributed by atoms with E-state index in [-0.39, 0.29) is 17.6 Å². The number of hydrogen-bond acceptors (Lipinski definition) is 4. The van der Waals surface area contributed by atoms with E-state index in [9.17, 15) is 9.90 Å². The molecule has 3 fully saturated rings. The summed E-state index contributed by atoms with van der Waals surface area (Å²) in [6, 6.07) is 7.94. The van der Waals surface area contributed by atoms with Crippen LogP contribution in [0, 0.1) is 0 Å². The first-order valence-electron chi connectivity index (χ1n) is 9.12. The average Bonchev–Trinajstić information content (AvgIpc) is 2.61. The molecule has 0 aromatic heterocycles. The molecule has 1 spiro atoms. The molecule has 5 nitrogen and oxygen atoms in total. The number of morpholine rings is 1. The Labute approximate surface area is 143 Å². The van der Waals surface area contributed by atoms with Crippen molar-refractivity contribution >= 4 is 11.6 Å². The molecule has 130 valence electrons. The number of carbonyl (C=O) groups excluding carboxylic acids is 1. The number of ether oxygens (including phenoxy) is 1. The minimum Gasteiger partial charge on any atom is -0.393 e. The van der Waals surface area contributed by atoms with Gasteiger partial charge >= 0.3 is 0 Å². The van der Waals surface area contributed by atoms with Gasteiger partial charge < -0.3 is 19.6 Å². The van der Waals surface area contributed by atoms with Crippen molar-refractivity contribution in [2.24, 2.45) is 0 Å². The number of amides is 1. The third-order valence-corrected chi connectivity index (χ3v) is 5.74. The molecule has 0 atom stereocenters. The van der Waals surface area contributed by atoms with Crippen LogP contribution in [0.4, 0.5) is 5.69 Å². The Hall–Kier alpha value is -1.59. The van der Waals surface area contributed by atoms with Crippen LogP contribution < -0.4 is 4.90 Å². The summed E-state index contributed by atoms with van der Waals surface area (Å²) >= 11 is 0. The van der Waals surface area contributed by atoms with Crippen molar-refractivity contribution in [3.05, 3.63) is 29.8 Å². The highest BCUT2D eigenvalue weighted by Gasteiger charge is 2.43. The highest BCUT2D eigenvalue weighted by molar-refractivity contribution is 5.94. The maximum atomic E-state index is 12.8. The van der Waals surface area contributed by atoms with Gasteiger partial charge in [0.05, 0.1) is 24.9 Å². The smallest absolute Gasteiger partial charge is 0.254 e. The van der Waals surface area contributed by atoms with Crippen molar-refractivity contribution in [2.75, 3.05) is 37.7 Å². The Balaban J connectivity index is 1.41. The molecule has 0 bridgehead atoms. The molecule has 1 aliphatic carbocycles. The molecule has 0 radical (unpaired) electrons. The fraction of sp³-hybridized carbons (Fsp3) is 0.632. The molecule has 1 aromatic carbocycles. The van der Waals surface area contributed by atoms with Crippen LogP contribution in [0.5, 0.6) is 0 Å². The summed E-state index contributed by atoms with van der Waals surface area (Å²) in [5.41, 5.74) is 1.84. The number of rotatable bonds is 2. The monoisotopic (exact) mass is 330 g/mol. The van der Waals surface area contributed by atoms with E-state index in [2.05, 4.69) is 4.90 Å². The molecule has 4 rings (SSSR count). The number of aliphatic hydroxyl groups is 1. The quantitative estimate of drug-likeness (QED) is 0.902. The predicted octanol–water partition coefficient (Wildman–Crippen LogP) is 2.04. The minimum atomic E-state index is -0.165. The Morgan fingerprint density at radius 3 is 2.46 bits per heavy atom. The lowest BCUT2D eigenvalue weighted by Crippen LogP contribution is -2.57. The Kier molecular flexibility index (Phi) is 4.22. The van der Waals surface area contributed by atoms with E-state index in [0.29, 0.717) is 13.2 Å². The van der Waals surface area contributed by atoms with Gasteiger partial charge in [-0.1, -0.05) is 0 Å². The fourth-order valence-corrected chi connectivity index (χ4v) is 4.01.